The van der Waals surface area contributed by atoms with Crippen molar-refractivity contribution >= 4 is 23.1 Å². The summed E-state index contributed by atoms with van der Waals surface area (Å²) in [7, 11) is 6.11. The third-order valence-corrected chi connectivity index (χ3v) is 4.44. The van der Waals surface area contributed by atoms with Crippen LogP contribution in [0.1, 0.15) is 25.7 Å². The lowest BCUT2D eigenvalue weighted by Gasteiger charge is -2.31. The van der Waals surface area contributed by atoms with Crippen molar-refractivity contribution < 1.29 is 4.79 Å². The van der Waals surface area contributed by atoms with Crippen LogP contribution in [0.15, 0.2) is 0 Å². The number of rotatable bonds is 8. The van der Waals surface area contributed by atoms with Gasteiger partial charge >= 0.3 is 0 Å². The summed E-state index contributed by atoms with van der Waals surface area (Å²) in [6, 6.07) is 0. The van der Waals surface area contributed by atoms with E-state index in [2.05, 4.69) is 23.9 Å². The molecule has 2 N–H and O–H groups in total. The minimum Gasteiger partial charge on any atom is -0.393 e. The number of hydrogen-bond acceptors (Lipinski definition) is 4. The van der Waals surface area contributed by atoms with E-state index in [1.54, 1.807) is 4.90 Å². The Balaban J connectivity index is 2.18. The van der Waals surface area contributed by atoms with E-state index in [1.807, 2.05) is 7.05 Å². The van der Waals surface area contributed by atoms with E-state index in [-0.39, 0.29) is 5.91 Å². The van der Waals surface area contributed by atoms with Crippen LogP contribution in [0, 0.1) is 5.92 Å². The van der Waals surface area contributed by atoms with Gasteiger partial charge in [0.25, 0.3) is 0 Å². The number of hydrogen-bond donors (Lipinski definition) is 1. The minimum absolute atomic E-state index is 0.168. The summed E-state index contributed by atoms with van der Waals surface area (Å²) < 4.78 is 0. The predicted octanol–water partition coefficient (Wildman–Crippen LogP) is 0.785. The van der Waals surface area contributed by atoms with Crippen molar-refractivity contribution in [2.75, 3.05) is 53.9 Å². The van der Waals surface area contributed by atoms with Gasteiger partial charge in [0.2, 0.25) is 5.91 Å². The first-order chi connectivity index (χ1) is 9.88. The minimum atomic E-state index is 0.168. The molecule has 0 spiro atoms. The number of nitrogens with two attached hydrogens (primary N) is 1. The van der Waals surface area contributed by atoms with Crippen molar-refractivity contribution in [1.82, 2.24) is 14.7 Å². The van der Waals surface area contributed by atoms with Gasteiger partial charge in [-0.2, -0.15) is 0 Å². The number of nitrogens with zero attached hydrogens (tertiary/aromatic N) is 3. The number of piperidine rings is 1. The van der Waals surface area contributed by atoms with Crippen LogP contribution in [0.4, 0.5) is 0 Å². The van der Waals surface area contributed by atoms with Gasteiger partial charge in [0.15, 0.2) is 0 Å². The standard InChI is InChI=1S/C15H30N4OS/c1-17-8-4-13(5-9-17)12-18(2)10-7-15(20)19(3)11-6-14(16)21/h13H,4-12H2,1-3H3,(H2,16,21). The Morgan fingerprint density at radius 2 is 1.86 bits per heavy atom. The second-order valence-electron chi connectivity index (χ2n) is 6.29. The third-order valence-electron chi connectivity index (χ3n) is 4.23. The molecule has 1 rings (SSSR count). The van der Waals surface area contributed by atoms with Crippen molar-refractivity contribution in [3.05, 3.63) is 0 Å². The molecule has 21 heavy (non-hydrogen) atoms. The van der Waals surface area contributed by atoms with Gasteiger partial charge in [-0.25, -0.2) is 0 Å². The van der Waals surface area contributed by atoms with Crippen LogP contribution >= 0.6 is 12.2 Å². The lowest BCUT2D eigenvalue weighted by molar-refractivity contribution is -0.130. The van der Waals surface area contributed by atoms with Gasteiger partial charge in [0, 0.05) is 39.5 Å². The molecular formula is C15H30N4OS. The summed E-state index contributed by atoms with van der Waals surface area (Å²) in [6.07, 6.45) is 3.70. The van der Waals surface area contributed by atoms with E-state index in [0.717, 1.165) is 19.0 Å². The molecule has 0 aromatic carbocycles. The Morgan fingerprint density at radius 3 is 2.43 bits per heavy atom. The maximum Gasteiger partial charge on any atom is 0.223 e. The van der Waals surface area contributed by atoms with Crippen molar-refractivity contribution in [1.29, 1.82) is 0 Å². The van der Waals surface area contributed by atoms with Gasteiger partial charge < -0.3 is 20.4 Å². The molecule has 0 saturated carbocycles. The van der Waals surface area contributed by atoms with Crippen LogP contribution in [-0.4, -0.2) is 79.5 Å². The molecule has 0 radical (unpaired) electrons. The molecule has 0 atom stereocenters. The Kier molecular flexibility index (Phi) is 8.14. The van der Waals surface area contributed by atoms with Gasteiger partial charge in [0.05, 0.1) is 4.99 Å². The first kappa shape index (κ1) is 18.3. The largest absolute Gasteiger partial charge is 0.393 e. The van der Waals surface area contributed by atoms with Crippen molar-refractivity contribution in [2.45, 2.75) is 25.7 Å². The van der Waals surface area contributed by atoms with Gasteiger partial charge in [-0.15, -0.1) is 0 Å². The molecule has 1 amide bonds. The summed E-state index contributed by atoms with van der Waals surface area (Å²) in [5, 5.41) is 0. The zero-order valence-electron chi connectivity index (χ0n) is 13.7. The Labute approximate surface area is 134 Å². The van der Waals surface area contributed by atoms with E-state index in [9.17, 15) is 4.79 Å². The van der Waals surface area contributed by atoms with E-state index >= 15 is 0 Å². The highest BCUT2D eigenvalue weighted by molar-refractivity contribution is 7.80. The lowest BCUT2D eigenvalue weighted by Crippen LogP contribution is -2.37. The second kappa shape index (κ2) is 9.33. The molecule has 122 valence electrons. The van der Waals surface area contributed by atoms with Crippen LogP contribution in [0.25, 0.3) is 0 Å². The highest BCUT2D eigenvalue weighted by Crippen LogP contribution is 2.16. The first-order valence-electron chi connectivity index (χ1n) is 7.78. The van der Waals surface area contributed by atoms with E-state index in [4.69, 9.17) is 18.0 Å². The molecular weight excluding hydrogens is 284 g/mol. The summed E-state index contributed by atoms with van der Waals surface area (Å²) in [5.74, 6) is 0.940. The topological polar surface area (TPSA) is 52.8 Å². The van der Waals surface area contributed by atoms with Gasteiger partial charge in [-0.3, -0.25) is 4.79 Å². The molecule has 1 saturated heterocycles. The maximum atomic E-state index is 12.0. The van der Waals surface area contributed by atoms with E-state index in [0.29, 0.717) is 24.4 Å². The van der Waals surface area contributed by atoms with Crippen LogP contribution in [-0.2, 0) is 4.79 Å². The summed E-state index contributed by atoms with van der Waals surface area (Å²) >= 11 is 4.83. The fourth-order valence-corrected chi connectivity index (χ4v) is 2.75. The number of carbonyl (C=O) groups is 1. The molecule has 1 heterocycles. The molecule has 0 unspecified atom stereocenters. The Bertz CT molecular complexity index is 343. The first-order valence-corrected chi connectivity index (χ1v) is 8.18. The summed E-state index contributed by atoms with van der Waals surface area (Å²) in [4.78, 5) is 18.9. The molecule has 0 bridgehead atoms. The highest BCUT2D eigenvalue weighted by Gasteiger charge is 2.18. The average Bonchev–Trinajstić information content (AvgIpc) is 2.44. The predicted molar refractivity (Wildman–Crippen MR) is 91.4 cm³/mol. The van der Waals surface area contributed by atoms with E-state index in [1.165, 1.54) is 25.9 Å². The Morgan fingerprint density at radius 1 is 1.24 bits per heavy atom. The monoisotopic (exact) mass is 314 g/mol. The molecule has 6 heteroatoms. The molecule has 0 aliphatic carbocycles. The summed E-state index contributed by atoms with van der Waals surface area (Å²) in [5.41, 5.74) is 5.46. The van der Waals surface area contributed by atoms with E-state index < -0.39 is 0 Å². The SMILES string of the molecule is CN1CCC(CN(C)CCC(=O)N(C)CCC(N)=S)CC1. The van der Waals surface area contributed by atoms with Crippen LogP contribution in [0.3, 0.4) is 0 Å². The van der Waals surface area contributed by atoms with Crippen LogP contribution in [0.2, 0.25) is 0 Å². The molecule has 1 aliphatic heterocycles. The van der Waals surface area contributed by atoms with Crippen LogP contribution < -0.4 is 5.73 Å². The zero-order chi connectivity index (χ0) is 15.8. The molecule has 0 aromatic heterocycles. The molecule has 5 nitrogen and oxygen atoms in total. The number of thiocarbonyl (C=S) groups is 1. The van der Waals surface area contributed by atoms with Crippen molar-refractivity contribution in [2.24, 2.45) is 11.7 Å². The average molecular weight is 314 g/mol. The molecule has 1 aliphatic rings. The van der Waals surface area contributed by atoms with Gasteiger partial charge in [-0.1, -0.05) is 12.2 Å². The van der Waals surface area contributed by atoms with Gasteiger partial charge in [-0.05, 0) is 45.9 Å². The Hall–Kier alpha value is -0.720. The van der Waals surface area contributed by atoms with Crippen molar-refractivity contribution in [3.63, 3.8) is 0 Å². The number of amides is 1. The van der Waals surface area contributed by atoms with Crippen molar-refractivity contribution in [3.8, 4) is 0 Å². The maximum absolute atomic E-state index is 12.0. The summed E-state index contributed by atoms with van der Waals surface area (Å²) in [6.45, 7) is 4.92. The quantitative estimate of drug-likeness (QED) is 0.671. The fraction of sp³-hybridized carbons (Fsp3) is 0.867. The second-order valence-corrected chi connectivity index (χ2v) is 6.81. The third kappa shape index (κ3) is 7.74. The smallest absolute Gasteiger partial charge is 0.223 e. The number of carbonyl (C=O) groups excluding carboxylic acids is 1. The normalized spacial score (nSPS) is 17.1. The van der Waals surface area contributed by atoms with Gasteiger partial charge in [0.1, 0.15) is 0 Å². The zero-order valence-corrected chi connectivity index (χ0v) is 14.5. The van der Waals surface area contributed by atoms with Crippen LogP contribution in [0.5, 0.6) is 0 Å². The molecule has 0 aromatic rings. The number of likely N-dealkylation sites (tertiary alicyclic amines) is 1. The fourth-order valence-electron chi connectivity index (χ4n) is 2.66. The highest BCUT2D eigenvalue weighted by atomic mass is 32.1. The lowest BCUT2D eigenvalue weighted by atomic mass is 9.96. The molecule has 1 fully saturated rings.